The lowest BCUT2D eigenvalue weighted by Gasteiger charge is -2.14. The van der Waals surface area contributed by atoms with E-state index in [1.807, 2.05) is 0 Å². The molecular weight excluding hydrogens is 351 g/mol. The summed E-state index contributed by atoms with van der Waals surface area (Å²) in [4.78, 5) is 0. The predicted molar refractivity (Wildman–Crippen MR) is 76.6 cm³/mol. The number of alkyl halides is 3. The lowest BCUT2D eigenvalue weighted by atomic mass is 10.2. The highest BCUT2D eigenvalue weighted by molar-refractivity contribution is 9.10. The van der Waals surface area contributed by atoms with Gasteiger partial charge in [0.1, 0.15) is 18.1 Å². The molecule has 1 aliphatic carbocycles. The maximum Gasteiger partial charge on any atom is 0.573 e. The van der Waals surface area contributed by atoms with Gasteiger partial charge in [0.15, 0.2) is 0 Å². The molecule has 0 unspecified atom stereocenters. The second-order valence-corrected chi connectivity index (χ2v) is 5.78. The van der Waals surface area contributed by atoms with Gasteiger partial charge in [-0.15, -0.1) is 13.2 Å². The summed E-state index contributed by atoms with van der Waals surface area (Å²) in [5, 5.41) is 3.40. The Bertz CT molecular complexity index is 462. The maximum atomic E-state index is 12.1. The third-order valence-electron chi connectivity index (χ3n) is 3.29. The molecule has 0 saturated heterocycles. The first-order chi connectivity index (χ1) is 9.94. The summed E-state index contributed by atoms with van der Waals surface area (Å²) in [6, 6.07) is 4.73. The lowest BCUT2D eigenvalue weighted by Crippen LogP contribution is -2.30. The summed E-state index contributed by atoms with van der Waals surface area (Å²) in [5.41, 5.74) is 0. The Kier molecular flexibility index (Phi) is 5.75. The van der Waals surface area contributed by atoms with E-state index in [1.165, 1.54) is 43.9 Å². The van der Waals surface area contributed by atoms with Gasteiger partial charge in [-0.1, -0.05) is 12.8 Å². The fourth-order valence-electron chi connectivity index (χ4n) is 2.34. The van der Waals surface area contributed by atoms with Gasteiger partial charge in [0.25, 0.3) is 0 Å². The van der Waals surface area contributed by atoms with Crippen molar-refractivity contribution in [2.24, 2.45) is 0 Å². The van der Waals surface area contributed by atoms with Crippen molar-refractivity contribution in [2.45, 2.75) is 38.1 Å². The van der Waals surface area contributed by atoms with Crippen LogP contribution < -0.4 is 14.8 Å². The molecule has 3 nitrogen and oxygen atoms in total. The van der Waals surface area contributed by atoms with Crippen LogP contribution in [0.15, 0.2) is 22.7 Å². The molecule has 1 fully saturated rings. The largest absolute Gasteiger partial charge is 0.573 e. The quantitative estimate of drug-likeness (QED) is 0.762. The predicted octanol–water partition coefficient (Wildman–Crippen LogP) is 4.26. The highest BCUT2D eigenvalue weighted by atomic mass is 79.9. The molecular formula is C14H17BrF3NO2. The van der Waals surface area contributed by atoms with Gasteiger partial charge in [-0.3, -0.25) is 0 Å². The number of nitrogens with one attached hydrogen (secondary N) is 1. The highest BCUT2D eigenvalue weighted by Gasteiger charge is 2.32. The van der Waals surface area contributed by atoms with E-state index in [2.05, 4.69) is 26.0 Å². The van der Waals surface area contributed by atoms with Crippen LogP contribution in [0.3, 0.4) is 0 Å². The van der Waals surface area contributed by atoms with Gasteiger partial charge in [-0.05, 0) is 47.0 Å². The molecule has 2 rings (SSSR count). The standard InChI is InChI=1S/C14H17BrF3NO2/c15-12-9-11(5-6-13(12)21-14(16,17)18)20-8-7-19-10-3-1-2-4-10/h5-6,9-10,19H,1-4,7-8H2. The van der Waals surface area contributed by atoms with E-state index >= 15 is 0 Å². The number of hydrogen-bond donors (Lipinski definition) is 1. The number of rotatable bonds is 6. The molecule has 1 aromatic rings. The summed E-state index contributed by atoms with van der Waals surface area (Å²) in [6.45, 7) is 1.20. The van der Waals surface area contributed by atoms with Crippen molar-refractivity contribution in [3.63, 3.8) is 0 Å². The van der Waals surface area contributed by atoms with Crippen LogP contribution in [0.5, 0.6) is 11.5 Å². The molecule has 0 radical (unpaired) electrons. The zero-order valence-corrected chi connectivity index (χ0v) is 13.0. The van der Waals surface area contributed by atoms with Gasteiger partial charge >= 0.3 is 6.36 Å². The number of benzene rings is 1. The van der Waals surface area contributed by atoms with Crippen molar-refractivity contribution in [1.82, 2.24) is 5.32 Å². The van der Waals surface area contributed by atoms with Gasteiger partial charge in [-0.25, -0.2) is 0 Å². The highest BCUT2D eigenvalue weighted by Crippen LogP contribution is 2.33. The summed E-state index contributed by atoms with van der Waals surface area (Å²) in [6.07, 6.45) is 0.248. The van der Waals surface area contributed by atoms with Gasteiger partial charge < -0.3 is 14.8 Å². The monoisotopic (exact) mass is 367 g/mol. The van der Waals surface area contributed by atoms with Crippen LogP contribution in [-0.4, -0.2) is 25.6 Å². The molecule has 0 heterocycles. The van der Waals surface area contributed by atoms with Gasteiger partial charge in [-0.2, -0.15) is 0 Å². The second-order valence-electron chi connectivity index (χ2n) is 4.92. The molecule has 0 spiro atoms. The third-order valence-corrected chi connectivity index (χ3v) is 3.91. The molecule has 0 amide bonds. The van der Waals surface area contributed by atoms with E-state index in [9.17, 15) is 13.2 Å². The number of ether oxygens (including phenoxy) is 2. The van der Waals surface area contributed by atoms with Crippen LogP contribution in [0.25, 0.3) is 0 Å². The first-order valence-electron chi connectivity index (χ1n) is 6.85. The van der Waals surface area contributed by atoms with E-state index in [4.69, 9.17) is 4.74 Å². The average Bonchev–Trinajstić information content (AvgIpc) is 2.89. The molecule has 118 valence electrons. The fourth-order valence-corrected chi connectivity index (χ4v) is 2.78. The zero-order chi connectivity index (χ0) is 15.3. The van der Waals surface area contributed by atoms with Crippen LogP contribution >= 0.6 is 15.9 Å². The zero-order valence-electron chi connectivity index (χ0n) is 11.4. The minimum absolute atomic E-state index is 0.209. The van der Waals surface area contributed by atoms with E-state index < -0.39 is 6.36 Å². The second kappa shape index (κ2) is 7.35. The smallest absolute Gasteiger partial charge is 0.492 e. The van der Waals surface area contributed by atoms with E-state index in [0.29, 0.717) is 18.4 Å². The summed E-state index contributed by atoms with van der Waals surface area (Å²) >= 11 is 3.04. The molecule has 1 aliphatic rings. The molecule has 0 aliphatic heterocycles. The molecule has 1 aromatic carbocycles. The first-order valence-corrected chi connectivity index (χ1v) is 7.65. The van der Waals surface area contributed by atoms with Crippen molar-refractivity contribution in [3.8, 4) is 11.5 Å². The SMILES string of the molecule is FC(F)(F)Oc1ccc(OCCNC2CCCC2)cc1Br. The molecule has 21 heavy (non-hydrogen) atoms. The topological polar surface area (TPSA) is 30.5 Å². The van der Waals surface area contributed by atoms with Crippen molar-refractivity contribution in [3.05, 3.63) is 22.7 Å². The third kappa shape index (κ3) is 5.74. The first kappa shape index (κ1) is 16.4. The molecule has 1 saturated carbocycles. The molecule has 1 N–H and O–H groups in total. The molecule has 7 heteroatoms. The average molecular weight is 368 g/mol. The van der Waals surface area contributed by atoms with Crippen molar-refractivity contribution < 1.29 is 22.6 Å². The van der Waals surface area contributed by atoms with Crippen LogP contribution in [0, 0.1) is 0 Å². The molecule has 0 atom stereocenters. The van der Waals surface area contributed by atoms with Crippen molar-refractivity contribution in [1.29, 1.82) is 0 Å². The van der Waals surface area contributed by atoms with Crippen LogP contribution in [0.1, 0.15) is 25.7 Å². The molecule has 0 aromatic heterocycles. The van der Waals surface area contributed by atoms with Crippen LogP contribution in [0.4, 0.5) is 13.2 Å². The summed E-state index contributed by atoms with van der Waals surface area (Å²) < 4.78 is 46.0. The Labute approximate surface area is 129 Å². The molecule has 0 bridgehead atoms. The Morgan fingerprint density at radius 1 is 1.24 bits per heavy atom. The Morgan fingerprint density at radius 3 is 2.57 bits per heavy atom. The van der Waals surface area contributed by atoms with Crippen molar-refractivity contribution in [2.75, 3.05) is 13.2 Å². The van der Waals surface area contributed by atoms with Gasteiger partial charge in [0.05, 0.1) is 4.47 Å². The minimum Gasteiger partial charge on any atom is -0.492 e. The fraction of sp³-hybridized carbons (Fsp3) is 0.571. The van der Waals surface area contributed by atoms with Gasteiger partial charge in [0.2, 0.25) is 0 Å². The van der Waals surface area contributed by atoms with Crippen molar-refractivity contribution >= 4 is 15.9 Å². The summed E-state index contributed by atoms with van der Waals surface area (Å²) in [7, 11) is 0. The van der Waals surface area contributed by atoms with Crippen LogP contribution in [0.2, 0.25) is 0 Å². The van der Waals surface area contributed by atoms with Gasteiger partial charge in [0, 0.05) is 12.6 Å². The lowest BCUT2D eigenvalue weighted by molar-refractivity contribution is -0.274. The van der Waals surface area contributed by atoms with E-state index in [-0.39, 0.29) is 10.2 Å². The Balaban J connectivity index is 1.77. The van der Waals surface area contributed by atoms with E-state index in [1.54, 1.807) is 0 Å². The van der Waals surface area contributed by atoms with Crippen LogP contribution in [-0.2, 0) is 0 Å². The Hall–Kier alpha value is -0.950. The number of hydrogen-bond acceptors (Lipinski definition) is 3. The minimum atomic E-state index is -4.70. The Morgan fingerprint density at radius 2 is 1.95 bits per heavy atom. The van der Waals surface area contributed by atoms with E-state index in [0.717, 1.165) is 6.54 Å². The maximum absolute atomic E-state index is 12.1. The summed E-state index contributed by atoms with van der Waals surface area (Å²) in [5.74, 6) is 0.226. The number of halogens is 4. The normalized spacial score (nSPS) is 16.2.